The highest BCUT2D eigenvalue weighted by Crippen LogP contribution is 2.19. The van der Waals surface area contributed by atoms with E-state index in [4.69, 9.17) is 0 Å². The maximum Gasteiger partial charge on any atom is 0.387 e. The van der Waals surface area contributed by atoms with E-state index in [1.54, 1.807) is 12.1 Å². The van der Waals surface area contributed by atoms with Crippen molar-refractivity contribution in [2.75, 3.05) is 31.6 Å². The predicted octanol–water partition coefficient (Wildman–Crippen LogP) is 3.02. The first-order valence-electron chi connectivity index (χ1n) is 8.30. The van der Waals surface area contributed by atoms with Crippen molar-refractivity contribution in [3.63, 3.8) is 0 Å². The molecule has 0 aliphatic heterocycles. The van der Waals surface area contributed by atoms with Crippen molar-refractivity contribution in [1.29, 1.82) is 0 Å². The van der Waals surface area contributed by atoms with Gasteiger partial charge in [-0.1, -0.05) is 12.1 Å². The summed E-state index contributed by atoms with van der Waals surface area (Å²) < 4.78 is 28.5. The minimum atomic E-state index is -2.86. The second-order valence-electron chi connectivity index (χ2n) is 5.31. The summed E-state index contributed by atoms with van der Waals surface area (Å²) in [6.07, 6.45) is 3.47. The summed E-state index contributed by atoms with van der Waals surface area (Å²) in [5, 5.41) is 16.6. The Hall–Kier alpha value is -1.54. The molecule has 0 radical (unpaired) electrons. The van der Waals surface area contributed by atoms with Gasteiger partial charge in [0.15, 0.2) is 5.96 Å². The number of halogens is 2. The van der Waals surface area contributed by atoms with Gasteiger partial charge in [-0.2, -0.15) is 20.5 Å². The van der Waals surface area contributed by atoms with Gasteiger partial charge >= 0.3 is 6.61 Å². The number of thioether (sulfide) groups is 1. The summed E-state index contributed by atoms with van der Waals surface area (Å²) in [5.74, 6) is 1.86. The van der Waals surface area contributed by atoms with Crippen LogP contribution < -0.4 is 15.4 Å². The van der Waals surface area contributed by atoms with Gasteiger partial charge in [-0.15, -0.1) is 0 Å². The topological polar surface area (TPSA) is 65.9 Å². The molecule has 0 aliphatic rings. The van der Waals surface area contributed by atoms with Crippen molar-refractivity contribution in [3.8, 4) is 5.75 Å². The van der Waals surface area contributed by atoms with Crippen molar-refractivity contribution < 1.29 is 18.6 Å². The number of aliphatic imine (C=N–C) groups is 1. The third-order valence-corrected chi connectivity index (χ3v) is 4.02. The summed E-state index contributed by atoms with van der Waals surface area (Å²) in [7, 11) is 0. The number of benzene rings is 1. The standard InChI is InChI=1S/C17H27F2N3O2S/c1-3-20-17(21-10-4-5-11-25-2)22-12-15(23)13-6-8-14(9-7-13)24-16(18)19/h6-9,15-16,23H,3-5,10-12H2,1-2H3,(H2,20,21,22). The van der Waals surface area contributed by atoms with E-state index < -0.39 is 12.7 Å². The van der Waals surface area contributed by atoms with Gasteiger partial charge in [-0.25, -0.2) is 0 Å². The molecule has 0 heterocycles. The fourth-order valence-electron chi connectivity index (χ4n) is 2.07. The van der Waals surface area contributed by atoms with Crippen LogP contribution in [0.4, 0.5) is 8.78 Å². The summed E-state index contributed by atoms with van der Waals surface area (Å²) in [6, 6.07) is 5.93. The Morgan fingerprint density at radius 2 is 1.96 bits per heavy atom. The van der Waals surface area contributed by atoms with E-state index in [1.165, 1.54) is 12.1 Å². The molecule has 0 bridgehead atoms. The zero-order valence-electron chi connectivity index (χ0n) is 14.7. The summed E-state index contributed by atoms with van der Waals surface area (Å²) in [6.45, 7) is 0.845. The number of rotatable bonds is 11. The summed E-state index contributed by atoms with van der Waals surface area (Å²) in [5.41, 5.74) is 0.598. The fourth-order valence-corrected chi connectivity index (χ4v) is 2.57. The van der Waals surface area contributed by atoms with Crippen molar-refractivity contribution in [2.24, 2.45) is 4.99 Å². The summed E-state index contributed by atoms with van der Waals surface area (Å²) >= 11 is 1.83. The molecule has 0 aromatic heterocycles. The fraction of sp³-hybridized carbons (Fsp3) is 0.588. The highest BCUT2D eigenvalue weighted by molar-refractivity contribution is 7.98. The van der Waals surface area contributed by atoms with Crippen LogP contribution in [0.2, 0.25) is 0 Å². The van der Waals surface area contributed by atoms with E-state index >= 15 is 0 Å². The highest BCUT2D eigenvalue weighted by Gasteiger charge is 2.09. The number of hydrogen-bond acceptors (Lipinski definition) is 4. The summed E-state index contributed by atoms with van der Waals surface area (Å²) in [4.78, 5) is 4.37. The van der Waals surface area contributed by atoms with Crippen molar-refractivity contribution >= 4 is 17.7 Å². The van der Waals surface area contributed by atoms with Crippen LogP contribution in [0.1, 0.15) is 31.4 Å². The molecule has 1 aromatic carbocycles. The molecule has 0 saturated heterocycles. The van der Waals surface area contributed by atoms with Gasteiger partial charge < -0.3 is 20.5 Å². The van der Waals surface area contributed by atoms with E-state index in [1.807, 2.05) is 18.7 Å². The van der Waals surface area contributed by atoms with Gasteiger partial charge in [0.1, 0.15) is 5.75 Å². The zero-order valence-corrected chi connectivity index (χ0v) is 15.5. The van der Waals surface area contributed by atoms with Gasteiger partial charge in [-0.05, 0) is 49.5 Å². The van der Waals surface area contributed by atoms with Crippen LogP contribution in [0.3, 0.4) is 0 Å². The molecular weight excluding hydrogens is 348 g/mol. The normalized spacial score (nSPS) is 13.0. The molecule has 1 atom stereocenters. The lowest BCUT2D eigenvalue weighted by Gasteiger charge is -2.13. The maximum atomic E-state index is 12.1. The number of guanidine groups is 1. The first-order chi connectivity index (χ1) is 12.1. The number of aliphatic hydroxyl groups is 1. The number of nitrogens with one attached hydrogen (secondary N) is 2. The van der Waals surface area contributed by atoms with E-state index in [0.29, 0.717) is 11.5 Å². The number of ether oxygens (including phenoxy) is 1. The van der Waals surface area contributed by atoms with E-state index in [0.717, 1.165) is 31.7 Å². The Labute approximate surface area is 152 Å². The highest BCUT2D eigenvalue weighted by atomic mass is 32.2. The molecule has 0 saturated carbocycles. The lowest BCUT2D eigenvalue weighted by molar-refractivity contribution is -0.0498. The molecular formula is C17H27F2N3O2S. The first kappa shape index (κ1) is 21.5. The quantitative estimate of drug-likeness (QED) is 0.315. The van der Waals surface area contributed by atoms with Gasteiger partial charge in [0.05, 0.1) is 12.6 Å². The van der Waals surface area contributed by atoms with Crippen LogP contribution in [0, 0.1) is 0 Å². The molecule has 0 amide bonds. The molecule has 5 nitrogen and oxygen atoms in total. The molecule has 142 valence electrons. The van der Waals surface area contributed by atoms with Crippen molar-refractivity contribution in [2.45, 2.75) is 32.5 Å². The molecule has 0 spiro atoms. The molecule has 0 fully saturated rings. The van der Waals surface area contributed by atoms with Crippen LogP contribution in [-0.4, -0.2) is 49.3 Å². The average molecular weight is 375 g/mol. The Bertz CT molecular complexity index is 501. The molecule has 25 heavy (non-hydrogen) atoms. The van der Waals surface area contributed by atoms with Crippen molar-refractivity contribution in [1.82, 2.24) is 10.6 Å². The van der Waals surface area contributed by atoms with Gasteiger partial charge in [0.2, 0.25) is 0 Å². The maximum absolute atomic E-state index is 12.1. The van der Waals surface area contributed by atoms with Gasteiger partial charge in [0.25, 0.3) is 0 Å². The van der Waals surface area contributed by atoms with E-state index in [-0.39, 0.29) is 12.3 Å². The van der Waals surface area contributed by atoms with Crippen LogP contribution in [0.5, 0.6) is 5.75 Å². The number of hydrogen-bond donors (Lipinski definition) is 3. The largest absolute Gasteiger partial charge is 0.435 e. The van der Waals surface area contributed by atoms with Gasteiger partial charge in [-0.3, -0.25) is 4.99 Å². The molecule has 1 aromatic rings. The first-order valence-corrected chi connectivity index (χ1v) is 9.70. The van der Waals surface area contributed by atoms with Crippen LogP contribution in [0.25, 0.3) is 0 Å². The van der Waals surface area contributed by atoms with Crippen LogP contribution >= 0.6 is 11.8 Å². The lowest BCUT2D eigenvalue weighted by atomic mass is 10.1. The minimum Gasteiger partial charge on any atom is -0.435 e. The predicted molar refractivity (Wildman–Crippen MR) is 99.6 cm³/mol. The number of aliphatic hydroxyl groups excluding tert-OH is 1. The zero-order chi connectivity index (χ0) is 18.5. The Morgan fingerprint density at radius 1 is 1.24 bits per heavy atom. The Morgan fingerprint density at radius 3 is 2.56 bits per heavy atom. The van der Waals surface area contributed by atoms with Crippen molar-refractivity contribution in [3.05, 3.63) is 29.8 Å². The minimum absolute atomic E-state index is 0.0645. The Balaban J connectivity index is 2.50. The molecule has 0 aliphatic carbocycles. The number of nitrogens with zero attached hydrogens (tertiary/aromatic N) is 1. The van der Waals surface area contributed by atoms with E-state index in [9.17, 15) is 13.9 Å². The Kier molecular flexibility index (Phi) is 11.0. The third kappa shape index (κ3) is 9.50. The average Bonchev–Trinajstić information content (AvgIpc) is 2.59. The third-order valence-electron chi connectivity index (χ3n) is 3.32. The second kappa shape index (κ2) is 12.8. The van der Waals surface area contributed by atoms with Crippen LogP contribution in [0.15, 0.2) is 29.3 Å². The smallest absolute Gasteiger partial charge is 0.387 e. The monoisotopic (exact) mass is 375 g/mol. The van der Waals surface area contributed by atoms with E-state index in [2.05, 4.69) is 26.6 Å². The second-order valence-corrected chi connectivity index (χ2v) is 6.30. The lowest BCUT2D eigenvalue weighted by Crippen LogP contribution is -2.38. The van der Waals surface area contributed by atoms with Crippen LogP contribution in [-0.2, 0) is 0 Å². The number of alkyl halides is 2. The SMILES string of the molecule is CCNC(=NCC(O)c1ccc(OC(F)F)cc1)NCCCCSC. The number of unbranched alkanes of at least 4 members (excludes halogenated alkanes) is 1. The molecule has 8 heteroatoms. The molecule has 1 unspecified atom stereocenters. The molecule has 3 N–H and O–H groups in total. The molecule has 1 rings (SSSR count). The van der Waals surface area contributed by atoms with Gasteiger partial charge in [0, 0.05) is 13.1 Å².